The van der Waals surface area contributed by atoms with E-state index >= 15 is 0 Å². The zero-order valence-electron chi connectivity index (χ0n) is 18.4. The quantitative estimate of drug-likeness (QED) is 0.477. The number of nitrogens with zero attached hydrogens (tertiary/aromatic N) is 1. The summed E-state index contributed by atoms with van der Waals surface area (Å²) < 4.78 is 18.1. The fourth-order valence-electron chi connectivity index (χ4n) is 4.82. The lowest BCUT2D eigenvalue weighted by molar-refractivity contribution is 0.0996. The predicted octanol–water partition coefficient (Wildman–Crippen LogP) is 5.71. The van der Waals surface area contributed by atoms with Crippen LogP contribution in [0.4, 0.5) is 4.79 Å². The van der Waals surface area contributed by atoms with Gasteiger partial charge in [-0.15, -0.1) is 0 Å². The smallest absolute Gasteiger partial charge is 0.411 e. The molecule has 7 heteroatoms. The van der Waals surface area contributed by atoms with Gasteiger partial charge in [-0.1, -0.05) is 46.3 Å². The lowest BCUT2D eigenvalue weighted by Gasteiger charge is -2.41. The van der Waals surface area contributed by atoms with Crippen LogP contribution in [-0.4, -0.2) is 29.8 Å². The number of methoxy groups -OCH3 is 1. The number of carbonyl (C=O) groups is 1. The van der Waals surface area contributed by atoms with Crippen molar-refractivity contribution in [3.8, 4) is 17.2 Å². The molecule has 33 heavy (non-hydrogen) atoms. The van der Waals surface area contributed by atoms with Gasteiger partial charge in [0.1, 0.15) is 17.9 Å². The predicted molar refractivity (Wildman–Crippen MR) is 127 cm³/mol. The first-order chi connectivity index (χ1) is 15.9. The van der Waals surface area contributed by atoms with Gasteiger partial charge in [-0.05, 0) is 60.4 Å². The number of cyclic esters (lactones) is 1. The Bertz CT molecular complexity index is 1210. The van der Waals surface area contributed by atoms with Crippen molar-refractivity contribution < 1.29 is 24.1 Å². The summed E-state index contributed by atoms with van der Waals surface area (Å²) in [7, 11) is 1.53. The summed E-state index contributed by atoms with van der Waals surface area (Å²) >= 11 is 3.64. The molecular weight excluding hydrogens is 486 g/mol. The zero-order chi connectivity index (χ0) is 23.2. The Kier molecular flexibility index (Phi) is 5.44. The van der Waals surface area contributed by atoms with Gasteiger partial charge in [0.25, 0.3) is 0 Å². The number of aromatic hydroxyl groups is 1. The Hall–Kier alpha value is -3.19. The highest BCUT2D eigenvalue weighted by atomic mass is 79.9. The summed E-state index contributed by atoms with van der Waals surface area (Å²) in [5.41, 5.74) is 2.96. The molecule has 0 aliphatic carbocycles. The maximum absolute atomic E-state index is 12.9. The number of phenols is 1. The van der Waals surface area contributed by atoms with E-state index in [1.807, 2.05) is 61.5 Å². The van der Waals surface area contributed by atoms with E-state index in [9.17, 15) is 9.90 Å². The number of hydrogen-bond acceptors (Lipinski definition) is 5. The number of ether oxygens (including phenoxy) is 3. The van der Waals surface area contributed by atoms with Gasteiger partial charge in [0, 0.05) is 16.6 Å². The van der Waals surface area contributed by atoms with Crippen molar-refractivity contribution in [2.24, 2.45) is 0 Å². The normalized spacial score (nSPS) is 21.2. The van der Waals surface area contributed by atoms with E-state index in [4.69, 9.17) is 14.2 Å². The van der Waals surface area contributed by atoms with Gasteiger partial charge in [-0.3, -0.25) is 4.90 Å². The maximum atomic E-state index is 12.9. The SMILES string of the molecule is COc1cc2c(cc1O)[C@@]1(C)[C@H](c3cc(OCc4ccccc4)ccc3Br)OC(=O)N1CC2. The van der Waals surface area contributed by atoms with Crippen LogP contribution in [0.2, 0.25) is 0 Å². The fourth-order valence-corrected chi connectivity index (χ4v) is 5.28. The number of halogens is 1. The van der Waals surface area contributed by atoms with E-state index in [2.05, 4.69) is 15.9 Å². The molecule has 2 heterocycles. The Morgan fingerprint density at radius 1 is 1.18 bits per heavy atom. The summed E-state index contributed by atoms with van der Waals surface area (Å²) in [6.07, 6.45) is -0.303. The molecule has 0 radical (unpaired) electrons. The monoisotopic (exact) mass is 509 g/mol. The Labute approximate surface area is 200 Å². The van der Waals surface area contributed by atoms with Crippen molar-refractivity contribution in [3.63, 3.8) is 0 Å². The van der Waals surface area contributed by atoms with Gasteiger partial charge in [-0.2, -0.15) is 0 Å². The van der Waals surface area contributed by atoms with Gasteiger partial charge in [0.15, 0.2) is 17.6 Å². The summed E-state index contributed by atoms with van der Waals surface area (Å²) in [5.74, 6) is 1.14. The zero-order valence-corrected chi connectivity index (χ0v) is 20.0. The second kappa shape index (κ2) is 8.30. The van der Waals surface area contributed by atoms with Crippen molar-refractivity contribution in [2.75, 3.05) is 13.7 Å². The van der Waals surface area contributed by atoms with E-state index < -0.39 is 11.6 Å². The molecule has 170 valence electrons. The molecule has 2 atom stereocenters. The first-order valence-electron chi connectivity index (χ1n) is 10.8. The van der Waals surface area contributed by atoms with Gasteiger partial charge in [0.2, 0.25) is 0 Å². The van der Waals surface area contributed by atoms with Gasteiger partial charge in [-0.25, -0.2) is 4.79 Å². The maximum Gasteiger partial charge on any atom is 0.411 e. The number of phenolic OH excluding ortho intramolecular Hbond substituents is 1. The molecule has 1 N–H and O–H groups in total. The minimum atomic E-state index is -0.797. The number of amides is 1. The van der Waals surface area contributed by atoms with E-state index in [1.165, 1.54) is 7.11 Å². The molecule has 3 aromatic carbocycles. The summed E-state index contributed by atoms with van der Waals surface area (Å²) in [5, 5.41) is 10.5. The van der Waals surface area contributed by atoms with Crippen LogP contribution in [0.5, 0.6) is 17.2 Å². The van der Waals surface area contributed by atoms with Crippen LogP contribution in [-0.2, 0) is 23.3 Å². The third-order valence-electron chi connectivity index (χ3n) is 6.56. The van der Waals surface area contributed by atoms with E-state index in [0.29, 0.717) is 31.1 Å². The van der Waals surface area contributed by atoms with E-state index in [-0.39, 0.29) is 11.8 Å². The molecule has 5 rings (SSSR count). The van der Waals surface area contributed by atoms with Crippen molar-refractivity contribution in [3.05, 3.63) is 87.4 Å². The molecule has 0 spiro atoms. The fraction of sp³-hybridized carbons (Fsp3) is 0.269. The minimum Gasteiger partial charge on any atom is -0.504 e. The lowest BCUT2D eigenvalue weighted by atomic mass is 9.76. The topological polar surface area (TPSA) is 68.2 Å². The number of hydrogen-bond donors (Lipinski definition) is 1. The molecule has 0 bridgehead atoms. The highest BCUT2D eigenvalue weighted by Crippen LogP contribution is 2.54. The molecule has 3 aromatic rings. The average molecular weight is 510 g/mol. The van der Waals surface area contributed by atoms with Crippen LogP contribution in [0.1, 0.15) is 35.3 Å². The van der Waals surface area contributed by atoms with E-state index in [1.54, 1.807) is 11.0 Å². The van der Waals surface area contributed by atoms with Crippen molar-refractivity contribution in [1.29, 1.82) is 0 Å². The number of benzene rings is 3. The highest BCUT2D eigenvalue weighted by molar-refractivity contribution is 9.10. The third-order valence-corrected chi connectivity index (χ3v) is 7.29. The summed E-state index contributed by atoms with van der Waals surface area (Å²) in [6.45, 7) is 2.94. The molecule has 1 amide bonds. The van der Waals surface area contributed by atoms with Crippen LogP contribution in [0.25, 0.3) is 0 Å². The second-order valence-electron chi connectivity index (χ2n) is 8.45. The van der Waals surface area contributed by atoms with Gasteiger partial charge >= 0.3 is 6.09 Å². The van der Waals surface area contributed by atoms with Crippen LogP contribution < -0.4 is 9.47 Å². The molecule has 0 unspecified atom stereocenters. The third kappa shape index (κ3) is 3.60. The summed E-state index contributed by atoms with van der Waals surface area (Å²) in [6, 6.07) is 19.2. The first kappa shape index (κ1) is 21.6. The molecule has 1 saturated heterocycles. The van der Waals surface area contributed by atoms with Crippen LogP contribution in [0, 0.1) is 0 Å². The lowest BCUT2D eigenvalue weighted by Crippen LogP contribution is -2.48. The minimum absolute atomic E-state index is 0.0384. The van der Waals surface area contributed by atoms with Crippen molar-refractivity contribution in [2.45, 2.75) is 31.6 Å². The van der Waals surface area contributed by atoms with Crippen molar-refractivity contribution in [1.82, 2.24) is 4.90 Å². The second-order valence-corrected chi connectivity index (χ2v) is 9.31. The number of fused-ring (bicyclic) bond motifs is 3. The molecule has 2 aliphatic heterocycles. The van der Waals surface area contributed by atoms with Crippen molar-refractivity contribution >= 4 is 22.0 Å². The van der Waals surface area contributed by atoms with Crippen LogP contribution in [0.3, 0.4) is 0 Å². The Morgan fingerprint density at radius 2 is 1.97 bits per heavy atom. The van der Waals surface area contributed by atoms with Gasteiger partial charge < -0.3 is 19.3 Å². The number of carbonyl (C=O) groups excluding carboxylic acids is 1. The molecule has 2 aliphatic rings. The van der Waals surface area contributed by atoms with Crippen LogP contribution >= 0.6 is 15.9 Å². The largest absolute Gasteiger partial charge is 0.504 e. The number of rotatable bonds is 5. The first-order valence-corrected chi connectivity index (χ1v) is 11.6. The molecule has 0 saturated carbocycles. The molecular formula is C26H24BrNO5. The Morgan fingerprint density at radius 3 is 2.73 bits per heavy atom. The molecule has 1 fully saturated rings. The highest BCUT2D eigenvalue weighted by Gasteiger charge is 2.56. The van der Waals surface area contributed by atoms with E-state index in [0.717, 1.165) is 26.7 Å². The van der Waals surface area contributed by atoms with Gasteiger partial charge in [0.05, 0.1) is 7.11 Å². The summed E-state index contributed by atoms with van der Waals surface area (Å²) in [4.78, 5) is 14.6. The van der Waals surface area contributed by atoms with Crippen LogP contribution in [0.15, 0.2) is 65.1 Å². The molecule has 0 aromatic heterocycles. The standard InChI is InChI=1S/C26H24BrNO5/c1-26-20-14-22(29)23(31-2)12-17(20)10-11-28(26)25(30)33-24(26)19-13-18(8-9-21(19)27)32-15-16-6-4-3-5-7-16/h3-9,12-14,24,29H,10-11,15H2,1-2H3/t24-,26-/m0/s1. The Balaban J connectivity index is 1.54. The average Bonchev–Trinajstić information content (AvgIpc) is 3.09. The molecule has 6 nitrogen and oxygen atoms in total.